The van der Waals surface area contributed by atoms with Gasteiger partial charge < -0.3 is 24.3 Å². The number of fused-ring (bicyclic) bond motifs is 1. The summed E-state index contributed by atoms with van der Waals surface area (Å²) in [6.07, 6.45) is 4.27. The summed E-state index contributed by atoms with van der Waals surface area (Å²) in [6.45, 7) is 9.44. The molecule has 8 nitrogen and oxygen atoms in total. The number of hydrogen-bond acceptors (Lipinski definition) is 5. The van der Waals surface area contributed by atoms with Crippen molar-refractivity contribution in [2.75, 3.05) is 19.7 Å². The number of carbonyl (C=O) groups is 2. The summed E-state index contributed by atoms with van der Waals surface area (Å²) in [6, 6.07) is 0. The van der Waals surface area contributed by atoms with Crippen LogP contribution in [0.5, 0.6) is 5.75 Å². The number of piperidine rings is 1. The molecule has 1 aromatic heterocycles. The van der Waals surface area contributed by atoms with E-state index in [4.69, 9.17) is 9.47 Å². The molecule has 30 heavy (non-hydrogen) atoms. The number of rotatable bonds is 4. The lowest BCUT2D eigenvalue weighted by Crippen LogP contribution is -2.61. The molecule has 2 amide bonds. The molecule has 3 rings (SSSR count). The van der Waals surface area contributed by atoms with Gasteiger partial charge in [-0.3, -0.25) is 9.59 Å². The number of aromatic nitrogens is 1. The van der Waals surface area contributed by atoms with Crippen LogP contribution in [0.15, 0.2) is 15.5 Å². The first-order chi connectivity index (χ1) is 14.1. The monoisotopic (exact) mass is 483 g/mol. The number of hydrogen-bond donors (Lipinski definition) is 1. The number of pyridine rings is 1. The molecule has 0 atom stereocenters. The zero-order valence-corrected chi connectivity index (χ0v) is 19.6. The molecule has 1 aromatic rings. The van der Waals surface area contributed by atoms with E-state index in [0.717, 1.165) is 12.8 Å². The molecule has 1 spiro atoms. The minimum absolute atomic E-state index is 0.0939. The molecule has 0 aliphatic carbocycles. The second kappa shape index (κ2) is 8.61. The van der Waals surface area contributed by atoms with Crippen molar-refractivity contribution in [1.29, 1.82) is 0 Å². The molecule has 0 bridgehead atoms. The van der Waals surface area contributed by atoms with Crippen molar-refractivity contribution >= 4 is 27.9 Å². The van der Waals surface area contributed by atoms with Crippen LogP contribution in [-0.4, -0.2) is 52.3 Å². The molecule has 9 heteroatoms. The smallest absolute Gasteiger partial charge is 0.410 e. The van der Waals surface area contributed by atoms with Gasteiger partial charge in [-0.15, -0.1) is 0 Å². The molecule has 0 aromatic carbocycles. The summed E-state index contributed by atoms with van der Waals surface area (Å²) in [4.78, 5) is 39.6. The first-order valence-corrected chi connectivity index (χ1v) is 11.2. The van der Waals surface area contributed by atoms with Gasteiger partial charge in [-0.25, -0.2) is 4.79 Å². The third-order valence-corrected chi connectivity index (χ3v) is 5.94. The molecule has 0 unspecified atom stereocenters. The van der Waals surface area contributed by atoms with Crippen molar-refractivity contribution in [3.8, 4) is 5.75 Å². The van der Waals surface area contributed by atoms with Crippen LogP contribution in [0.25, 0.3) is 0 Å². The average Bonchev–Trinajstić information content (AvgIpc) is 2.64. The maximum absolute atomic E-state index is 13.0. The lowest BCUT2D eigenvalue weighted by Gasteiger charge is -2.45. The Morgan fingerprint density at radius 3 is 2.53 bits per heavy atom. The molecule has 2 aliphatic heterocycles. The van der Waals surface area contributed by atoms with Gasteiger partial charge in [-0.1, -0.05) is 13.3 Å². The molecule has 166 valence electrons. The summed E-state index contributed by atoms with van der Waals surface area (Å²) in [5.41, 5.74) is -1.07. The third kappa shape index (κ3) is 4.82. The highest BCUT2D eigenvalue weighted by atomic mass is 79.9. The molecule has 1 N–H and O–H groups in total. The van der Waals surface area contributed by atoms with Gasteiger partial charge in [0.1, 0.15) is 5.60 Å². The lowest BCUT2D eigenvalue weighted by atomic mass is 9.85. The molecular weight excluding hydrogens is 454 g/mol. The maximum Gasteiger partial charge on any atom is 0.410 e. The Labute approximate surface area is 185 Å². The minimum atomic E-state index is -0.545. The van der Waals surface area contributed by atoms with Gasteiger partial charge in [0.2, 0.25) is 5.43 Å². The van der Waals surface area contributed by atoms with E-state index in [1.807, 2.05) is 27.7 Å². The van der Waals surface area contributed by atoms with Crippen LogP contribution in [0.1, 0.15) is 63.9 Å². The highest BCUT2D eigenvalue weighted by Crippen LogP contribution is 2.32. The maximum atomic E-state index is 13.0. The van der Waals surface area contributed by atoms with Gasteiger partial charge in [0, 0.05) is 25.8 Å². The van der Waals surface area contributed by atoms with Crippen LogP contribution >= 0.6 is 15.9 Å². The molecular formula is C21H30BrN3O5. The van der Waals surface area contributed by atoms with Gasteiger partial charge in [0.05, 0.1) is 16.6 Å². The number of unbranched alkanes of at least 4 members (excludes halogenated alkanes) is 1. The van der Waals surface area contributed by atoms with Crippen LogP contribution in [0, 0.1) is 0 Å². The van der Waals surface area contributed by atoms with E-state index in [2.05, 4.69) is 21.2 Å². The predicted molar refractivity (Wildman–Crippen MR) is 116 cm³/mol. The highest BCUT2D eigenvalue weighted by Gasteiger charge is 2.43. The number of likely N-dealkylation sites (tertiary alicyclic amines) is 1. The summed E-state index contributed by atoms with van der Waals surface area (Å²) in [7, 11) is 0. The first-order valence-electron chi connectivity index (χ1n) is 10.4. The van der Waals surface area contributed by atoms with Gasteiger partial charge in [0.25, 0.3) is 5.91 Å². The van der Waals surface area contributed by atoms with Crippen LogP contribution in [-0.2, 0) is 11.3 Å². The number of nitrogens with zero attached hydrogens (tertiary/aromatic N) is 2. The van der Waals surface area contributed by atoms with Crippen molar-refractivity contribution < 1.29 is 19.1 Å². The number of amides is 2. The van der Waals surface area contributed by atoms with Crippen LogP contribution in [0.2, 0.25) is 0 Å². The van der Waals surface area contributed by atoms with Crippen LogP contribution in [0.3, 0.4) is 0 Å². The molecule has 2 aliphatic rings. The Kier molecular flexibility index (Phi) is 6.50. The van der Waals surface area contributed by atoms with E-state index < -0.39 is 11.1 Å². The molecule has 0 radical (unpaired) electrons. The zero-order valence-electron chi connectivity index (χ0n) is 18.0. The molecule has 3 heterocycles. The van der Waals surface area contributed by atoms with Crippen molar-refractivity contribution in [1.82, 2.24) is 14.8 Å². The van der Waals surface area contributed by atoms with E-state index in [0.29, 0.717) is 43.6 Å². The van der Waals surface area contributed by atoms with E-state index in [-0.39, 0.29) is 28.9 Å². The Balaban J connectivity index is 1.79. The summed E-state index contributed by atoms with van der Waals surface area (Å²) in [5.74, 6) is -0.223. The fourth-order valence-corrected chi connectivity index (χ4v) is 4.24. The van der Waals surface area contributed by atoms with Crippen LogP contribution < -0.4 is 15.5 Å². The number of halogens is 1. The van der Waals surface area contributed by atoms with Gasteiger partial charge in [0.15, 0.2) is 11.4 Å². The zero-order chi connectivity index (χ0) is 22.1. The number of nitrogens with one attached hydrogen (secondary N) is 1. The van der Waals surface area contributed by atoms with Gasteiger partial charge in [-0.05, 0) is 56.0 Å². The van der Waals surface area contributed by atoms with Gasteiger partial charge in [-0.2, -0.15) is 0 Å². The predicted octanol–water partition coefficient (Wildman–Crippen LogP) is 3.30. The second-order valence-electron chi connectivity index (χ2n) is 9.02. The summed E-state index contributed by atoms with van der Waals surface area (Å²) in [5, 5.41) is 3.10. The fourth-order valence-electron chi connectivity index (χ4n) is 3.81. The Morgan fingerprint density at radius 1 is 1.27 bits per heavy atom. The van der Waals surface area contributed by atoms with E-state index >= 15 is 0 Å². The van der Waals surface area contributed by atoms with E-state index in [1.165, 1.54) is 0 Å². The Morgan fingerprint density at radius 2 is 1.93 bits per heavy atom. The van der Waals surface area contributed by atoms with Gasteiger partial charge >= 0.3 is 6.09 Å². The SMILES string of the molecule is CCCCOc1c2n(cc(Br)c1=O)CC1(CCN(C(=O)OC(C)(C)C)CC1)NC2=O. The van der Waals surface area contributed by atoms with E-state index in [1.54, 1.807) is 15.7 Å². The summed E-state index contributed by atoms with van der Waals surface area (Å²) >= 11 is 3.31. The largest absolute Gasteiger partial charge is 0.487 e. The summed E-state index contributed by atoms with van der Waals surface area (Å²) < 4.78 is 13.3. The van der Waals surface area contributed by atoms with Crippen molar-refractivity contribution in [3.63, 3.8) is 0 Å². The fraction of sp³-hybridized carbons (Fsp3) is 0.667. The quantitative estimate of drug-likeness (QED) is 0.663. The van der Waals surface area contributed by atoms with E-state index in [9.17, 15) is 14.4 Å². The first kappa shape index (κ1) is 22.7. The lowest BCUT2D eigenvalue weighted by molar-refractivity contribution is 0.0127. The van der Waals surface area contributed by atoms with Crippen LogP contribution in [0.4, 0.5) is 4.79 Å². The second-order valence-corrected chi connectivity index (χ2v) is 9.87. The standard InChI is InChI=1S/C21H30BrN3O5/c1-5-6-11-29-17-15-18(27)23-21(13-25(15)12-14(22)16(17)26)7-9-24(10-8-21)19(28)30-20(2,3)4/h12H,5-11,13H2,1-4H3,(H,23,27). The van der Waals surface area contributed by atoms with Crippen molar-refractivity contribution in [2.24, 2.45) is 0 Å². The normalized spacial score (nSPS) is 18.0. The Hall–Kier alpha value is -2.03. The third-order valence-electron chi connectivity index (χ3n) is 5.38. The van der Waals surface area contributed by atoms with Crippen molar-refractivity contribution in [2.45, 2.75) is 71.1 Å². The highest BCUT2D eigenvalue weighted by molar-refractivity contribution is 9.10. The Bertz CT molecular complexity index is 882. The number of ether oxygens (including phenoxy) is 2. The molecule has 1 saturated heterocycles. The molecule has 1 fully saturated rings. The average molecular weight is 484 g/mol. The van der Waals surface area contributed by atoms with Crippen molar-refractivity contribution in [3.05, 3.63) is 26.6 Å². The number of carbonyl (C=O) groups excluding carboxylic acids is 2. The topological polar surface area (TPSA) is 89.9 Å². The molecule has 0 saturated carbocycles. The minimum Gasteiger partial charge on any atom is -0.487 e.